The predicted molar refractivity (Wildman–Crippen MR) is 324 cm³/mol. The Morgan fingerprint density at radius 3 is 1.07 bits per heavy atom. The van der Waals surface area contributed by atoms with Crippen LogP contribution in [0.1, 0.15) is 348 Å². The maximum Gasteiger partial charge on any atom is 0.305 e. The van der Waals surface area contributed by atoms with Crippen LogP contribution in [-0.4, -0.2) is 47.4 Å². The van der Waals surface area contributed by atoms with Gasteiger partial charge in [-0.25, -0.2) is 0 Å². The molecule has 6 nitrogen and oxygen atoms in total. The number of aliphatic hydroxyl groups is 2. The molecule has 434 valence electrons. The van der Waals surface area contributed by atoms with Crippen LogP contribution in [0.3, 0.4) is 0 Å². The van der Waals surface area contributed by atoms with Crippen LogP contribution < -0.4 is 5.32 Å². The van der Waals surface area contributed by atoms with Crippen molar-refractivity contribution in [3.8, 4) is 0 Å². The Morgan fingerprint density at radius 2 is 0.676 bits per heavy atom. The minimum absolute atomic E-state index is 0.0459. The number of rotatable bonds is 61. The largest absolute Gasteiger partial charge is 0.465 e. The molecule has 0 aliphatic heterocycles. The van der Waals surface area contributed by atoms with Crippen molar-refractivity contribution in [2.45, 2.75) is 360 Å². The SMILES string of the molecule is CCCCC/C=C\CCCCCCCC(=O)OCC/C=C\C/C=C\CCCCCCCCCCCCCCCCC(=O)NC(CO)C(O)/C=C/CCCCCCCCCCCCCCCCCCCCCCCC. The minimum atomic E-state index is -0.850. The number of aliphatic hydroxyl groups excluding tert-OH is 2. The van der Waals surface area contributed by atoms with Crippen LogP contribution >= 0.6 is 0 Å². The van der Waals surface area contributed by atoms with Crippen LogP contribution in [-0.2, 0) is 14.3 Å². The van der Waals surface area contributed by atoms with E-state index in [1.807, 2.05) is 6.08 Å². The highest BCUT2D eigenvalue weighted by Crippen LogP contribution is 2.18. The lowest BCUT2D eigenvalue weighted by Gasteiger charge is -2.20. The summed E-state index contributed by atoms with van der Waals surface area (Å²) < 4.78 is 5.40. The number of hydrogen-bond donors (Lipinski definition) is 3. The molecular weight excluding hydrogens is 911 g/mol. The number of carbonyl (C=O) groups is 2. The molecule has 0 bridgehead atoms. The monoisotopic (exact) mass is 1040 g/mol. The van der Waals surface area contributed by atoms with E-state index >= 15 is 0 Å². The topological polar surface area (TPSA) is 95.9 Å². The van der Waals surface area contributed by atoms with Crippen LogP contribution in [0.5, 0.6) is 0 Å². The second-order valence-corrected chi connectivity index (χ2v) is 22.4. The first-order chi connectivity index (χ1) is 36.5. The van der Waals surface area contributed by atoms with Gasteiger partial charge in [-0.05, 0) is 77.0 Å². The van der Waals surface area contributed by atoms with E-state index in [0.29, 0.717) is 19.4 Å². The zero-order chi connectivity index (χ0) is 53.6. The molecule has 1 amide bonds. The Bertz CT molecular complexity index is 1240. The maximum atomic E-state index is 12.5. The molecule has 0 aliphatic rings. The number of nitrogens with one attached hydrogen (secondary N) is 1. The van der Waals surface area contributed by atoms with Crippen molar-refractivity contribution >= 4 is 11.9 Å². The summed E-state index contributed by atoms with van der Waals surface area (Å²) in [6, 6.07) is -0.634. The fourth-order valence-electron chi connectivity index (χ4n) is 10.1. The quantitative estimate of drug-likeness (QED) is 0.0320. The van der Waals surface area contributed by atoms with Crippen LogP contribution in [0.4, 0.5) is 0 Å². The van der Waals surface area contributed by atoms with Gasteiger partial charge in [-0.1, -0.05) is 306 Å². The molecule has 6 heteroatoms. The van der Waals surface area contributed by atoms with Crippen molar-refractivity contribution in [3.05, 3.63) is 48.6 Å². The molecule has 0 rings (SSSR count). The van der Waals surface area contributed by atoms with Gasteiger partial charge < -0.3 is 20.3 Å². The fraction of sp³-hybridized carbons (Fsp3) is 0.853. The van der Waals surface area contributed by atoms with Crippen molar-refractivity contribution in [2.24, 2.45) is 0 Å². The summed E-state index contributed by atoms with van der Waals surface area (Å²) in [4.78, 5) is 24.5. The number of allylic oxidation sites excluding steroid dienone is 6. The van der Waals surface area contributed by atoms with Gasteiger partial charge in [0.25, 0.3) is 0 Å². The molecule has 74 heavy (non-hydrogen) atoms. The first-order valence-electron chi connectivity index (χ1n) is 32.9. The number of amides is 1. The third-order valence-electron chi connectivity index (χ3n) is 15.1. The molecule has 0 aromatic carbocycles. The van der Waals surface area contributed by atoms with E-state index in [-0.39, 0.29) is 18.5 Å². The molecule has 0 aromatic heterocycles. The molecule has 0 aromatic rings. The van der Waals surface area contributed by atoms with Gasteiger partial charge in [0.1, 0.15) is 0 Å². The molecule has 2 unspecified atom stereocenters. The lowest BCUT2D eigenvalue weighted by Crippen LogP contribution is -2.45. The highest BCUT2D eigenvalue weighted by atomic mass is 16.5. The molecular formula is C68H127NO5. The molecule has 0 aliphatic carbocycles. The Morgan fingerprint density at radius 1 is 0.378 bits per heavy atom. The van der Waals surface area contributed by atoms with E-state index in [1.54, 1.807) is 6.08 Å². The average molecular weight is 1040 g/mol. The van der Waals surface area contributed by atoms with Crippen LogP contribution in [0.2, 0.25) is 0 Å². The molecule has 0 saturated heterocycles. The summed E-state index contributed by atoms with van der Waals surface area (Å²) in [5.41, 5.74) is 0. The van der Waals surface area contributed by atoms with Crippen molar-refractivity contribution in [3.63, 3.8) is 0 Å². The summed E-state index contributed by atoms with van der Waals surface area (Å²) in [5, 5.41) is 23.2. The van der Waals surface area contributed by atoms with Gasteiger partial charge in [0.2, 0.25) is 5.91 Å². The van der Waals surface area contributed by atoms with Crippen molar-refractivity contribution in [1.82, 2.24) is 5.32 Å². The van der Waals surface area contributed by atoms with E-state index in [0.717, 1.165) is 51.4 Å². The molecule has 0 spiro atoms. The lowest BCUT2D eigenvalue weighted by molar-refractivity contribution is -0.143. The highest BCUT2D eigenvalue weighted by Gasteiger charge is 2.18. The third-order valence-corrected chi connectivity index (χ3v) is 15.1. The molecule has 0 saturated carbocycles. The summed E-state index contributed by atoms with van der Waals surface area (Å²) >= 11 is 0. The average Bonchev–Trinajstić information content (AvgIpc) is 3.40. The van der Waals surface area contributed by atoms with Crippen LogP contribution in [0.25, 0.3) is 0 Å². The molecule has 0 heterocycles. The molecule has 3 N–H and O–H groups in total. The van der Waals surface area contributed by atoms with Crippen LogP contribution in [0, 0.1) is 0 Å². The maximum absolute atomic E-state index is 12.5. The van der Waals surface area contributed by atoms with E-state index in [2.05, 4.69) is 55.6 Å². The second kappa shape index (κ2) is 63.4. The van der Waals surface area contributed by atoms with Gasteiger partial charge >= 0.3 is 5.97 Å². The van der Waals surface area contributed by atoms with Crippen molar-refractivity contribution < 1.29 is 24.5 Å². The first-order valence-corrected chi connectivity index (χ1v) is 32.9. The Hall–Kier alpha value is -2.18. The second-order valence-electron chi connectivity index (χ2n) is 22.4. The molecule has 0 fully saturated rings. The summed E-state index contributed by atoms with van der Waals surface area (Å²) in [6.45, 7) is 4.79. The normalized spacial score (nSPS) is 12.9. The van der Waals surface area contributed by atoms with E-state index in [4.69, 9.17) is 4.74 Å². The van der Waals surface area contributed by atoms with E-state index in [1.165, 1.54) is 270 Å². The number of ether oxygens (including phenoxy) is 1. The van der Waals surface area contributed by atoms with Gasteiger partial charge in [0, 0.05) is 12.8 Å². The standard InChI is InChI=1S/C68H127NO5/c1-3-5-7-9-11-13-15-17-18-19-20-21-22-23-25-28-31-34-37-40-44-48-52-56-60-66(71)65(64-70)69-67(72)61-57-53-49-45-41-38-35-32-29-26-24-27-30-33-36-39-43-47-51-55-59-63-74-68(73)62-58-54-50-46-42-16-14-12-10-8-6-4-2/h12,14,39,43,51,55-56,60,65-66,70-71H,3-11,13,15-38,40-42,44-50,52-54,57-59,61-64H2,1-2H3,(H,69,72)/b14-12-,43-39-,55-51-,60-56+. The fourth-order valence-corrected chi connectivity index (χ4v) is 10.1. The van der Waals surface area contributed by atoms with Gasteiger partial charge in [-0.2, -0.15) is 0 Å². The Balaban J connectivity index is 3.49. The molecule has 2 atom stereocenters. The first kappa shape index (κ1) is 71.8. The highest BCUT2D eigenvalue weighted by molar-refractivity contribution is 5.76. The van der Waals surface area contributed by atoms with Crippen molar-refractivity contribution in [1.29, 1.82) is 0 Å². The summed E-state index contributed by atoms with van der Waals surface area (Å²) in [5.74, 6) is -0.116. The number of unbranched alkanes of at least 4 members (excludes halogenated alkanes) is 44. The Kier molecular flexibility index (Phi) is 61.5. The Labute approximate surface area is 461 Å². The summed E-state index contributed by atoms with van der Waals surface area (Å²) in [7, 11) is 0. The van der Waals surface area contributed by atoms with Gasteiger partial charge in [-0.3, -0.25) is 9.59 Å². The zero-order valence-electron chi connectivity index (χ0n) is 49.6. The zero-order valence-corrected chi connectivity index (χ0v) is 49.6. The number of esters is 1. The smallest absolute Gasteiger partial charge is 0.305 e. The minimum Gasteiger partial charge on any atom is -0.465 e. The van der Waals surface area contributed by atoms with Crippen LogP contribution in [0.15, 0.2) is 48.6 Å². The number of carbonyl (C=O) groups excluding carboxylic acids is 2. The van der Waals surface area contributed by atoms with E-state index < -0.39 is 12.1 Å². The predicted octanol–water partition coefficient (Wildman–Crippen LogP) is 20.9. The summed E-state index contributed by atoms with van der Waals surface area (Å²) in [6.07, 6.45) is 81.8. The van der Waals surface area contributed by atoms with Crippen molar-refractivity contribution in [2.75, 3.05) is 13.2 Å². The molecule has 0 radical (unpaired) electrons. The van der Waals surface area contributed by atoms with Gasteiger partial charge in [0.15, 0.2) is 0 Å². The van der Waals surface area contributed by atoms with Gasteiger partial charge in [-0.15, -0.1) is 0 Å². The number of hydrogen-bond acceptors (Lipinski definition) is 5. The lowest BCUT2D eigenvalue weighted by atomic mass is 10.0. The van der Waals surface area contributed by atoms with Gasteiger partial charge in [0.05, 0.1) is 25.4 Å². The van der Waals surface area contributed by atoms with E-state index in [9.17, 15) is 19.8 Å². The third kappa shape index (κ3) is 59.1.